The number of aromatic hydroxyl groups is 3. The molecule has 4 heteroatoms. The summed E-state index contributed by atoms with van der Waals surface area (Å²) >= 11 is 0. The quantitative estimate of drug-likeness (QED) is 0.778. The SMILES string of the molecule is CCC1(C)CC(C)(c2ccc(O)cc2O)Oc2cc(O)ccc21. The first-order chi connectivity index (χ1) is 10.8. The molecule has 0 saturated carbocycles. The van der Waals surface area contributed by atoms with Gasteiger partial charge < -0.3 is 20.1 Å². The van der Waals surface area contributed by atoms with Crippen LogP contribution >= 0.6 is 0 Å². The summed E-state index contributed by atoms with van der Waals surface area (Å²) < 4.78 is 6.20. The Balaban J connectivity index is 2.15. The van der Waals surface area contributed by atoms with E-state index in [9.17, 15) is 15.3 Å². The number of rotatable bonds is 2. The molecule has 0 fully saturated rings. The van der Waals surface area contributed by atoms with E-state index in [1.807, 2.05) is 13.0 Å². The van der Waals surface area contributed by atoms with Gasteiger partial charge in [-0.25, -0.2) is 0 Å². The summed E-state index contributed by atoms with van der Waals surface area (Å²) in [5.41, 5.74) is 0.807. The second-order valence-corrected chi connectivity index (χ2v) is 6.81. The highest BCUT2D eigenvalue weighted by Crippen LogP contribution is 2.52. The van der Waals surface area contributed by atoms with Gasteiger partial charge in [-0.15, -0.1) is 0 Å². The Hall–Kier alpha value is -2.36. The molecule has 4 nitrogen and oxygen atoms in total. The molecule has 1 heterocycles. The van der Waals surface area contributed by atoms with E-state index in [1.54, 1.807) is 24.3 Å². The van der Waals surface area contributed by atoms with Crippen molar-refractivity contribution < 1.29 is 20.1 Å². The highest BCUT2D eigenvalue weighted by atomic mass is 16.5. The molecule has 0 amide bonds. The van der Waals surface area contributed by atoms with Crippen molar-refractivity contribution in [1.82, 2.24) is 0 Å². The second kappa shape index (κ2) is 5.08. The maximum atomic E-state index is 10.3. The van der Waals surface area contributed by atoms with Crippen LogP contribution in [0.3, 0.4) is 0 Å². The van der Waals surface area contributed by atoms with Gasteiger partial charge in [0.2, 0.25) is 0 Å². The number of phenolic OH excluding ortho intramolecular Hbond substituents is 3. The summed E-state index contributed by atoms with van der Waals surface area (Å²) in [4.78, 5) is 0. The molecule has 0 aliphatic carbocycles. The van der Waals surface area contributed by atoms with Crippen LogP contribution in [0.1, 0.15) is 44.7 Å². The molecule has 0 bridgehead atoms. The molecule has 0 saturated heterocycles. The number of phenols is 3. The summed E-state index contributed by atoms with van der Waals surface area (Å²) in [7, 11) is 0. The Bertz CT molecular complexity index is 755. The fourth-order valence-corrected chi connectivity index (χ4v) is 3.65. The monoisotopic (exact) mass is 314 g/mol. The molecule has 0 spiro atoms. The van der Waals surface area contributed by atoms with Crippen LogP contribution in [0.25, 0.3) is 0 Å². The molecule has 122 valence electrons. The average Bonchev–Trinajstić information content (AvgIpc) is 2.46. The van der Waals surface area contributed by atoms with Gasteiger partial charge in [0.25, 0.3) is 0 Å². The Labute approximate surface area is 136 Å². The van der Waals surface area contributed by atoms with Gasteiger partial charge in [0.1, 0.15) is 28.6 Å². The van der Waals surface area contributed by atoms with E-state index in [1.165, 1.54) is 6.07 Å². The highest BCUT2D eigenvalue weighted by molar-refractivity contribution is 5.50. The molecule has 1 aliphatic rings. The summed E-state index contributed by atoms with van der Waals surface area (Å²) in [6.07, 6.45) is 1.59. The molecular formula is C19H22O4. The van der Waals surface area contributed by atoms with Crippen LogP contribution in [0.2, 0.25) is 0 Å². The smallest absolute Gasteiger partial charge is 0.136 e. The zero-order valence-corrected chi connectivity index (χ0v) is 13.6. The van der Waals surface area contributed by atoms with Gasteiger partial charge in [0, 0.05) is 35.1 Å². The minimum atomic E-state index is -0.747. The molecule has 0 aromatic heterocycles. The van der Waals surface area contributed by atoms with Gasteiger partial charge in [-0.05, 0) is 31.5 Å². The van der Waals surface area contributed by atoms with Crippen molar-refractivity contribution in [3.05, 3.63) is 47.5 Å². The van der Waals surface area contributed by atoms with E-state index in [-0.39, 0.29) is 22.7 Å². The van der Waals surface area contributed by atoms with Gasteiger partial charge in [0.05, 0.1) is 0 Å². The van der Waals surface area contributed by atoms with Gasteiger partial charge >= 0.3 is 0 Å². The summed E-state index contributed by atoms with van der Waals surface area (Å²) in [5.74, 6) is 0.813. The van der Waals surface area contributed by atoms with Crippen LogP contribution < -0.4 is 4.74 Å². The van der Waals surface area contributed by atoms with Crippen LogP contribution in [0.5, 0.6) is 23.0 Å². The van der Waals surface area contributed by atoms with Gasteiger partial charge in [-0.2, -0.15) is 0 Å². The van der Waals surface area contributed by atoms with E-state index in [0.717, 1.165) is 12.0 Å². The molecule has 2 aromatic carbocycles. The largest absolute Gasteiger partial charge is 0.508 e. The number of hydrogen-bond donors (Lipinski definition) is 3. The third-order valence-electron chi connectivity index (χ3n) is 5.01. The molecule has 2 unspecified atom stereocenters. The van der Waals surface area contributed by atoms with E-state index < -0.39 is 5.60 Å². The number of fused-ring (bicyclic) bond motifs is 1. The lowest BCUT2D eigenvalue weighted by Crippen LogP contribution is -2.42. The first-order valence-corrected chi connectivity index (χ1v) is 7.82. The van der Waals surface area contributed by atoms with Crippen molar-refractivity contribution in [2.45, 2.75) is 44.6 Å². The second-order valence-electron chi connectivity index (χ2n) is 6.81. The summed E-state index contributed by atoms with van der Waals surface area (Å²) in [6, 6.07) is 9.77. The molecular weight excluding hydrogens is 292 g/mol. The molecule has 2 aromatic rings. The minimum Gasteiger partial charge on any atom is -0.508 e. The lowest BCUT2D eigenvalue weighted by Gasteiger charge is -2.46. The summed E-state index contributed by atoms with van der Waals surface area (Å²) in [5, 5.41) is 29.6. The third kappa shape index (κ3) is 2.48. The fourth-order valence-electron chi connectivity index (χ4n) is 3.65. The van der Waals surface area contributed by atoms with Crippen LogP contribution in [0.4, 0.5) is 0 Å². The third-order valence-corrected chi connectivity index (χ3v) is 5.01. The Kier molecular flexibility index (Phi) is 3.43. The normalized spacial score (nSPS) is 26.4. The number of ether oxygens (including phenoxy) is 1. The first kappa shape index (κ1) is 15.5. The van der Waals surface area contributed by atoms with E-state index >= 15 is 0 Å². The molecule has 0 radical (unpaired) electrons. The van der Waals surface area contributed by atoms with Crippen LogP contribution in [-0.4, -0.2) is 15.3 Å². The van der Waals surface area contributed by atoms with Gasteiger partial charge in [0.15, 0.2) is 0 Å². The molecule has 23 heavy (non-hydrogen) atoms. The Morgan fingerprint density at radius 1 is 0.957 bits per heavy atom. The highest BCUT2D eigenvalue weighted by Gasteiger charge is 2.45. The Morgan fingerprint density at radius 2 is 1.57 bits per heavy atom. The molecule has 1 aliphatic heterocycles. The topological polar surface area (TPSA) is 69.9 Å². The predicted molar refractivity (Wildman–Crippen MR) is 88.1 cm³/mol. The lowest BCUT2D eigenvalue weighted by atomic mass is 9.68. The van der Waals surface area contributed by atoms with Crippen molar-refractivity contribution in [1.29, 1.82) is 0 Å². The predicted octanol–water partition coefficient (Wildman–Crippen LogP) is 4.17. The fraction of sp³-hybridized carbons (Fsp3) is 0.368. The zero-order valence-electron chi connectivity index (χ0n) is 13.6. The molecule has 2 atom stereocenters. The van der Waals surface area contributed by atoms with Gasteiger partial charge in [-0.3, -0.25) is 0 Å². The van der Waals surface area contributed by atoms with Crippen molar-refractivity contribution in [2.24, 2.45) is 0 Å². The minimum absolute atomic E-state index is 0.00885. The van der Waals surface area contributed by atoms with E-state index in [2.05, 4.69) is 13.8 Å². The zero-order chi connectivity index (χ0) is 16.8. The number of benzene rings is 2. The maximum Gasteiger partial charge on any atom is 0.136 e. The van der Waals surface area contributed by atoms with Crippen molar-refractivity contribution in [2.75, 3.05) is 0 Å². The van der Waals surface area contributed by atoms with Crippen molar-refractivity contribution >= 4 is 0 Å². The first-order valence-electron chi connectivity index (χ1n) is 7.82. The average molecular weight is 314 g/mol. The van der Waals surface area contributed by atoms with Crippen LogP contribution in [-0.2, 0) is 11.0 Å². The van der Waals surface area contributed by atoms with Gasteiger partial charge in [-0.1, -0.05) is 19.9 Å². The van der Waals surface area contributed by atoms with Crippen LogP contribution in [0.15, 0.2) is 36.4 Å². The molecule has 3 rings (SSSR count). The Morgan fingerprint density at radius 3 is 2.17 bits per heavy atom. The van der Waals surface area contributed by atoms with Crippen molar-refractivity contribution in [3.63, 3.8) is 0 Å². The maximum absolute atomic E-state index is 10.3. The number of hydrogen-bond acceptors (Lipinski definition) is 4. The standard InChI is InChI=1S/C19H22O4/c1-4-18(2)11-19(3,14-7-5-12(20)9-16(14)22)23-17-10-13(21)6-8-15(17)18/h5-10,20-22H,4,11H2,1-3H3. The van der Waals surface area contributed by atoms with Crippen LogP contribution in [0, 0.1) is 0 Å². The lowest BCUT2D eigenvalue weighted by molar-refractivity contribution is 0.0248. The molecule has 3 N–H and O–H groups in total. The van der Waals surface area contributed by atoms with Crippen molar-refractivity contribution in [3.8, 4) is 23.0 Å². The summed E-state index contributed by atoms with van der Waals surface area (Å²) in [6.45, 7) is 6.22. The van der Waals surface area contributed by atoms with E-state index in [0.29, 0.717) is 17.7 Å². The van der Waals surface area contributed by atoms with E-state index in [4.69, 9.17) is 4.74 Å².